The molecule has 0 amide bonds. The van der Waals surface area contributed by atoms with Gasteiger partial charge in [0.1, 0.15) is 7.14 Å². The van der Waals surface area contributed by atoms with E-state index in [1.165, 1.54) is 52.6 Å². The van der Waals surface area contributed by atoms with E-state index in [2.05, 4.69) is 152 Å². The number of nitrogens with zero attached hydrogens (tertiary/aromatic N) is 3. The van der Waals surface area contributed by atoms with Gasteiger partial charge in [-0.3, -0.25) is 0 Å². The van der Waals surface area contributed by atoms with Crippen LogP contribution in [0.15, 0.2) is 182 Å². The third kappa shape index (κ3) is 7.61. The summed E-state index contributed by atoms with van der Waals surface area (Å²) in [5.41, 5.74) is 12.5. The van der Waals surface area contributed by atoms with E-state index in [-0.39, 0.29) is 5.41 Å². The molecule has 4 nitrogen and oxygen atoms in total. The molecular weight excluding hydrogens is 726 g/mol. The molecule has 284 valence electrons. The van der Waals surface area contributed by atoms with Gasteiger partial charge in [-0.25, -0.2) is 15.0 Å². The highest BCUT2D eigenvalue weighted by Crippen LogP contribution is 2.46. The second-order valence-corrected chi connectivity index (χ2v) is 19.1. The van der Waals surface area contributed by atoms with Crippen molar-refractivity contribution in [2.45, 2.75) is 37.5 Å². The number of rotatable bonds is 9. The summed E-state index contributed by atoms with van der Waals surface area (Å²) >= 11 is 0. The Balaban J connectivity index is 1.06. The van der Waals surface area contributed by atoms with Crippen molar-refractivity contribution in [2.24, 2.45) is 0 Å². The molecule has 0 N–H and O–H groups in total. The van der Waals surface area contributed by atoms with Crippen LogP contribution < -0.4 is 5.30 Å². The first-order chi connectivity index (χ1) is 28.3. The highest BCUT2D eigenvalue weighted by molar-refractivity contribution is 7.70. The van der Waals surface area contributed by atoms with Crippen molar-refractivity contribution in [1.82, 2.24) is 15.0 Å². The van der Waals surface area contributed by atoms with E-state index >= 15 is 0 Å². The summed E-state index contributed by atoms with van der Waals surface area (Å²) in [5.74, 6) is 1.95. The van der Waals surface area contributed by atoms with Crippen molar-refractivity contribution in [3.8, 4) is 67.5 Å². The Hall–Kier alpha value is -6.22. The molecular formula is C53H46N3OP. The molecule has 0 aliphatic heterocycles. The van der Waals surface area contributed by atoms with Gasteiger partial charge in [-0.05, 0) is 70.7 Å². The van der Waals surface area contributed by atoms with Gasteiger partial charge in [-0.15, -0.1) is 0 Å². The number of aromatic nitrogens is 3. The third-order valence-electron chi connectivity index (χ3n) is 11.8. The largest absolute Gasteiger partial charge is 0.319 e. The Kier molecular flexibility index (Phi) is 10.3. The van der Waals surface area contributed by atoms with Gasteiger partial charge in [0.15, 0.2) is 17.5 Å². The van der Waals surface area contributed by atoms with Crippen LogP contribution in [0.5, 0.6) is 0 Å². The maximum atomic E-state index is 12.7. The molecule has 0 bridgehead atoms. The molecule has 7 aromatic carbocycles. The molecule has 1 aliphatic rings. The summed E-state index contributed by atoms with van der Waals surface area (Å²) < 4.78 is 12.7. The lowest BCUT2D eigenvalue weighted by Gasteiger charge is -2.39. The molecule has 8 aromatic rings. The van der Waals surface area contributed by atoms with Gasteiger partial charge in [-0.1, -0.05) is 201 Å². The van der Waals surface area contributed by atoms with Crippen LogP contribution in [0.2, 0.25) is 0 Å². The standard InChI is InChI=1S/C53H46N3OP/c1-58(2,57)47-33-29-38(30-34-47)44-19-14-20-46(37-44)53(35-12-5-13-36-53)45-31-27-43(28-32-45)52-55-50(41-17-8-4-9-18-41)54-51(56-52)42-25-23-40(24-26-42)49-22-11-10-21-48(49)39-15-6-3-7-16-39/h3-4,6-11,14-34,37H,5,12-13,35-36H2,1-2H3. The Morgan fingerprint density at radius 2 is 0.828 bits per heavy atom. The monoisotopic (exact) mass is 771 g/mol. The van der Waals surface area contributed by atoms with Crippen molar-refractivity contribution < 1.29 is 4.57 Å². The highest BCUT2D eigenvalue weighted by Gasteiger charge is 2.36. The van der Waals surface area contributed by atoms with Gasteiger partial charge < -0.3 is 4.57 Å². The average Bonchev–Trinajstić information content (AvgIpc) is 3.29. The Morgan fingerprint density at radius 3 is 1.38 bits per heavy atom. The Bertz CT molecular complexity index is 2720. The molecule has 1 heterocycles. The third-order valence-corrected chi connectivity index (χ3v) is 13.3. The molecule has 1 aromatic heterocycles. The molecule has 0 atom stereocenters. The van der Waals surface area contributed by atoms with Gasteiger partial charge in [0.05, 0.1) is 0 Å². The molecule has 58 heavy (non-hydrogen) atoms. The van der Waals surface area contributed by atoms with E-state index < -0.39 is 7.14 Å². The molecule has 0 saturated heterocycles. The second kappa shape index (κ2) is 16.0. The molecule has 0 spiro atoms. The predicted molar refractivity (Wildman–Crippen MR) is 242 cm³/mol. The van der Waals surface area contributed by atoms with E-state index in [0.29, 0.717) is 17.5 Å². The van der Waals surface area contributed by atoms with E-state index in [1.807, 2.05) is 43.7 Å². The molecule has 5 heteroatoms. The van der Waals surface area contributed by atoms with Crippen molar-refractivity contribution in [3.05, 3.63) is 193 Å². The van der Waals surface area contributed by atoms with Gasteiger partial charge in [0.2, 0.25) is 0 Å². The summed E-state index contributed by atoms with van der Waals surface area (Å²) in [5, 5.41) is 0.913. The van der Waals surface area contributed by atoms with Gasteiger partial charge in [0.25, 0.3) is 0 Å². The fourth-order valence-corrected chi connectivity index (χ4v) is 9.47. The first-order valence-corrected chi connectivity index (χ1v) is 22.9. The molecule has 0 unspecified atom stereocenters. The van der Waals surface area contributed by atoms with Crippen LogP contribution in [0.3, 0.4) is 0 Å². The fraction of sp³-hybridized carbons (Fsp3) is 0.151. The average molecular weight is 772 g/mol. The van der Waals surface area contributed by atoms with Crippen LogP contribution in [0.1, 0.15) is 43.2 Å². The smallest absolute Gasteiger partial charge is 0.164 e. The fourth-order valence-electron chi connectivity index (χ4n) is 8.60. The van der Waals surface area contributed by atoms with Crippen molar-refractivity contribution in [2.75, 3.05) is 13.3 Å². The maximum Gasteiger partial charge on any atom is 0.164 e. The lowest BCUT2D eigenvalue weighted by atomic mass is 9.65. The minimum Gasteiger partial charge on any atom is -0.319 e. The molecule has 1 fully saturated rings. The summed E-state index contributed by atoms with van der Waals surface area (Å²) in [6.45, 7) is 3.66. The number of benzene rings is 7. The summed E-state index contributed by atoms with van der Waals surface area (Å²) in [7, 11) is -2.31. The second-order valence-electron chi connectivity index (χ2n) is 15.9. The van der Waals surface area contributed by atoms with E-state index in [4.69, 9.17) is 15.0 Å². The summed E-state index contributed by atoms with van der Waals surface area (Å²) in [6.07, 6.45) is 5.84. The van der Waals surface area contributed by atoms with E-state index in [1.54, 1.807) is 0 Å². The van der Waals surface area contributed by atoms with E-state index in [0.717, 1.165) is 46.0 Å². The van der Waals surface area contributed by atoms with Crippen LogP contribution in [-0.4, -0.2) is 28.3 Å². The van der Waals surface area contributed by atoms with Crippen LogP contribution >= 0.6 is 7.14 Å². The van der Waals surface area contributed by atoms with Crippen molar-refractivity contribution in [3.63, 3.8) is 0 Å². The maximum absolute atomic E-state index is 12.7. The summed E-state index contributed by atoms with van der Waals surface area (Å²) in [4.78, 5) is 15.2. The highest BCUT2D eigenvalue weighted by atomic mass is 31.2. The quantitative estimate of drug-likeness (QED) is 0.137. The Labute approximate surface area is 342 Å². The number of hydrogen-bond donors (Lipinski definition) is 0. The lowest BCUT2D eigenvalue weighted by Crippen LogP contribution is -2.30. The van der Waals surface area contributed by atoms with Crippen molar-refractivity contribution in [1.29, 1.82) is 0 Å². The SMILES string of the molecule is CP(C)(=O)c1ccc(-c2cccc(C3(c4ccc(-c5nc(-c6ccccc6)nc(-c6ccc(-c7ccccc7-c7ccccc7)cc6)n5)cc4)CCCCC3)c2)cc1. The predicted octanol–water partition coefficient (Wildman–Crippen LogP) is 13.4. The van der Waals surface area contributed by atoms with Crippen LogP contribution in [0.4, 0.5) is 0 Å². The topological polar surface area (TPSA) is 55.7 Å². The molecule has 1 saturated carbocycles. The zero-order chi connectivity index (χ0) is 39.5. The lowest BCUT2D eigenvalue weighted by molar-refractivity contribution is 0.346. The van der Waals surface area contributed by atoms with Gasteiger partial charge >= 0.3 is 0 Å². The van der Waals surface area contributed by atoms with Crippen LogP contribution in [0, 0.1) is 0 Å². The van der Waals surface area contributed by atoms with Gasteiger partial charge in [-0.2, -0.15) is 0 Å². The normalized spacial score (nSPS) is 13.9. The zero-order valence-electron chi connectivity index (χ0n) is 33.1. The minimum atomic E-state index is -2.31. The zero-order valence-corrected chi connectivity index (χ0v) is 33.9. The first-order valence-electron chi connectivity index (χ1n) is 20.3. The molecule has 9 rings (SSSR count). The minimum absolute atomic E-state index is 0.0877. The molecule has 0 radical (unpaired) electrons. The van der Waals surface area contributed by atoms with Crippen LogP contribution in [-0.2, 0) is 9.98 Å². The van der Waals surface area contributed by atoms with Crippen LogP contribution in [0.25, 0.3) is 67.5 Å². The van der Waals surface area contributed by atoms with E-state index in [9.17, 15) is 4.57 Å². The molecule has 1 aliphatic carbocycles. The Morgan fingerprint density at radius 1 is 0.397 bits per heavy atom. The number of hydrogen-bond acceptors (Lipinski definition) is 4. The van der Waals surface area contributed by atoms with Gasteiger partial charge in [0, 0.05) is 27.4 Å². The first kappa shape index (κ1) is 37.4. The van der Waals surface area contributed by atoms with Crippen molar-refractivity contribution >= 4 is 12.4 Å². The summed E-state index contributed by atoms with van der Waals surface area (Å²) in [6, 6.07) is 64.1.